The van der Waals surface area contributed by atoms with Crippen LogP contribution in [-0.2, 0) is 11.2 Å². The summed E-state index contributed by atoms with van der Waals surface area (Å²) in [6, 6.07) is 10.9. The van der Waals surface area contributed by atoms with Gasteiger partial charge in [0.15, 0.2) is 0 Å². The zero-order chi connectivity index (χ0) is 13.8. The Morgan fingerprint density at radius 3 is 2.79 bits per heavy atom. The SMILES string of the molecule is Cc1cccnc1C(Cc1cccc(Cl)c1)C(=O)O. The number of aryl methyl sites for hydroxylation is 1. The van der Waals surface area contributed by atoms with Crippen molar-refractivity contribution in [2.45, 2.75) is 19.3 Å². The van der Waals surface area contributed by atoms with Gasteiger partial charge in [-0.2, -0.15) is 0 Å². The first-order valence-corrected chi connectivity index (χ1v) is 6.34. The summed E-state index contributed by atoms with van der Waals surface area (Å²) >= 11 is 5.92. The standard InChI is InChI=1S/C15H14ClNO2/c1-10-4-3-7-17-14(10)13(15(18)19)9-11-5-2-6-12(16)8-11/h2-8,13H,9H2,1H3,(H,18,19). The number of halogens is 1. The second-order valence-corrected chi connectivity index (χ2v) is 4.87. The van der Waals surface area contributed by atoms with Crippen LogP contribution in [0.4, 0.5) is 0 Å². The molecule has 0 saturated heterocycles. The maximum absolute atomic E-state index is 11.5. The third kappa shape index (κ3) is 3.32. The Bertz CT molecular complexity index is 598. The van der Waals surface area contributed by atoms with Crippen molar-refractivity contribution in [1.29, 1.82) is 0 Å². The number of rotatable bonds is 4. The molecule has 2 aromatic rings. The summed E-state index contributed by atoms with van der Waals surface area (Å²) in [6.07, 6.45) is 2.00. The van der Waals surface area contributed by atoms with E-state index >= 15 is 0 Å². The normalized spacial score (nSPS) is 12.1. The van der Waals surface area contributed by atoms with Crippen molar-refractivity contribution in [3.63, 3.8) is 0 Å². The average molecular weight is 276 g/mol. The van der Waals surface area contributed by atoms with Crippen molar-refractivity contribution in [3.8, 4) is 0 Å². The first kappa shape index (κ1) is 13.6. The largest absolute Gasteiger partial charge is 0.481 e. The zero-order valence-electron chi connectivity index (χ0n) is 10.5. The highest BCUT2D eigenvalue weighted by molar-refractivity contribution is 6.30. The molecule has 0 spiro atoms. The lowest BCUT2D eigenvalue weighted by atomic mass is 9.93. The van der Waals surface area contributed by atoms with Gasteiger partial charge in [-0.25, -0.2) is 0 Å². The number of hydrogen-bond acceptors (Lipinski definition) is 2. The molecular formula is C15H14ClNO2. The molecule has 0 fully saturated rings. The van der Waals surface area contributed by atoms with Crippen LogP contribution in [0.25, 0.3) is 0 Å². The molecule has 0 aliphatic heterocycles. The van der Waals surface area contributed by atoms with E-state index in [9.17, 15) is 9.90 Å². The van der Waals surface area contributed by atoms with E-state index in [1.807, 2.05) is 25.1 Å². The molecule has 98 valence electrons. The summed E-state index contributed by atoms with van der Waals surface area (Å²) in [5, 5.41) is 10.0. The molecule has 0 aliphatic rings. The Kier molecular flexibility index (Phi) is 4.17. The Hall–Kier alpha value is -1.87. The Labute approximate surface area is 116 Å². The molecule has 3 nitrogen and oxygen atoms in total. The van der Waals surface area contributed by atoms with Gasteiger partial charge in [0.2, 0.25) is 0 Å². The van der Waals surface area contributed by atoms with Crippen LogP contribution in [0, 0.1) is 6.92 Å². The van der Waals surface area contributed by atoms with E-state index in [0.717, 1.165) is 11.1 Å². The molecule has 2 rings (SSSR count). The molecule has 19 heavy (non-hydrogen) atoms. The maximum atomic E-state index is 11.5. The summed E-state index contributed by atoms with van der Waals surface area (Å²) in [4.78, 5) is 15.7. The van der Waals surface area contributed by atoms with Crippen molar-refractivity contribution in [2.75, 3.05) is 0 Å². The molecule has 0 bridgehead atoms. The molecule has 1 atom stereocenters. The van der Waals surface area contributed by atoms with Gasteiger partial charge < -0.3 is 5.11 Å². The number of benzene rings is 1. The molecule has 4 heteroatoms. The predicted octanol–water partition coefficient (Wildman–Crippen LogP) is 3.45. The van der Waals surface area contributed by atoms with Gasteiger partial charge in [0.05, 0.1) is 5.69 Å². The number of hydrogen-bond donors (Lipinski definition) is 1. The number of aliphatic carboxylic acids is 1. The third-order valence-corrected chi connectivity index (χ3v) is 3.24. The first-order valence-electron chi connectivity index (χ1n) is 5.96. The van der Waals surface area contributed by atoms with Gasteiger partial charge in [-0.05, 0) is 42.7 Å². The van der Waals surface area contributed by atoms with Crippen LogP contribution in [-0.4, -0.2) is 16.1 Å². The topological polar surface area (TPSA) is 50.2 Å². The van der Waals surface area contributed by atoms with Gasteiger partial charge in [0.25, 0.3) is 0 Å². The van der Waals surface area contributed by atoms with Gasteiger partial charge in [-0.15, -0.1) is 0 Å². The predicted molar refractivity (Wildman–Crippen MR) is 74.5 cm³/mol. The second kappa shape index (κ2) is 5.85. The third-order valence-electron chi connectivity index (χ3n) is 3.01. The Morgan fingerprint density at radius 2 is 2.16 bits per heavy atom. The highest BCUT2D eigenvalue weighted by Crippen LogP contribution is 2.23. The van der Waals surface area contributed by atoms with E-state index in [2.05, 4.69) is 4.98 Å². The maximum Gasteiger partial charge on any atom is 0.312 e. The quantitative estimate of drug-likeness (QED) is 0.930. The van der Waals surface area contributed by atoms with Crippen LogP contribution in [0.1, 0.15) is 22.7 Å². The minimum absolute atomic E-state index is 0.383. The highest BCUT2D eigenvalue weighted by atomic mass is 35.5. The first-order chi connectivity index (χ1) is 9.08. The van der Waals surface area contributed by atoms with Crippen LogP contribution in [0.5, 0.6) is 0 Å². The van der Waals surface area contributed by atoms with Crippen molar-refractivity contribution in [3.05, 3.63) is 64.4 Å². The lowest BCUT2D eigenvalue weighted by Gasteiger charge is -2.14. The lowest BCUT2D eigenvalue weighted by molar-refractivity contribution is -0.138. The average Bonchev–Trinajstić information content (AvgIpc) is 2.37. The Balaban J connectivity index is 2.32. The number of nitrogens with zero attached hydrogens (tertiary/aromatic N) is 1. The van der Waals surface area contributed by atoms with E-state index in [0.29, 0.717) is 17.1 Å². The number of pyridine rings is 1. The van der Waals surface area contributed by atoms with E-state index in [4.69, 9.17) is 11.6 Å². The fraction of sp³-hybridized carbons (Fsp3) is 0.200. The molecule has 1 heterocycles. The smallest absolute Gasteiger partial charge is 0.312 e. The summed E-state index contributed by atoms with van der Waals surface area (Å²) in [7, 11) is 0. The summed E-state index contributed by atoms with van der Waals surface area (Å²) in [5.74, 6) is -1.53. The van der Waals surface area contributed by atoms with Gasteiger partial charge in [0.1, 0.15) is 5.92 Å². The molecule has 0 saturated carbocycles. The van der Waals surface area contributed by atoms with Crippen LogP contribution in [0.2, 0.25) is 5.02 Å². The van der Waals surface area contributed by atoms with Gasteiger partial charge >= 0.3 is 5.97 Å². The van der Waals surface area contributed by atoms with E-state index in [1.165, 1.54) is 0 Å². The summed E-state index contributed by atoms with van der Waals surface area (Å²) in [5.41, 5.74) is 2.39. The van der Waals surface area contributed by atoms with Crippen LogP contribution < -0.4 is 0 Å². The number of aromatic nitrogens is 1. The van der Waals surface area contributed by atoms with Crippen LogP contribution in [0.15, 0.2) is 42.6 Å². The molecule has 1 aromatic carbocycles. The molecule has 1 N–H and O–H groups in total. The monoisotopic (exact) mass is 275 g/mol. The van der Waals surface area contributed by atoms with E-state index in [1.54, 1.807) is 24.4 Å². The highest BCUT2D eigenvalue weighted by Gasteiger charge is 2.23. The van der Waals surface area contributed by atoms with Gasteiger partial charge in [-0.1, -0.05) is 29.8 Å². The van der Waals surface area contributed by atoms with Crippen molar-refractivity contribution >= 4 is 17.6 Å². The minimum Gasteiger partial charge on any atom is -0.481 e. The summed E-state index contributed by atoms with van der Waals surface area (Å²) < 4.78 is 0. The van der Waals surface area contributed by atoms with E-state index in [-0.39, 0.29) is 0 Å². The summed E-state index contributed by atoms with van der Waals surface area (Å²) in [6.45, 7) is 1.87. The van der Waals surface area contributed by atoms with Gasteiger partial charge in [0, 0.05) is 11.2 Å². The Morgan fingerprint density at radius 1 is 1.37 bits per heavy atom. The van der Waals surface area contributed by atoms with Crippen LogP contribution >= 0.6 is 11.6 Å². The lowest BCUT2D eigenvalue weighted by Crippen LogP contribution is -2.17. The van der Waals surface area contributed by atoms with E-state index < -0.39 is 11.9 Å². The van der Waals surface area contributed by atoms with Gasteiger partial charge in [-0.3, -0.25) is 9.78 Å². The molecule has 0 amide bonds. The van der Waals surface area contributed by atoms with Crippen molar-refractivity contribution in [1.82, 2.24) is 4.98 Å². The van der Waals surface area contributed by atoms with Crippen molar-refractivity contribution < 1.29 is 9.90 Å². The number of carboxylic acids is 1. The minimum atomic E-state index is -0.873. The van der Waals surface area contributed by atoms with Crippen molar-refractivity contribution in [2.24, 2.45) is 0 Å². The molecule has 0 radical (unpaired) electrons. The fourth-order valence-corrected chi connectivity index (χ4v) is 2.28. The molecule has 1 unspecified atom stereocenters. The molecular weight excluding hydrogens is 262 g/mol. The number of carbonyl (C=O) groups is 1. The zero-order valence-corrected chi connectivity index (χ0v) is 11.3. The van der Waals surface area contributed by atoms with Crippen LogP contribution in [0.3, 0.4) is 0 Å². The second-order valence-electron chi connectivity index (χ2n) is 4.43. The molecule has 1 aromatic heterocycles. The fourth-order valence-electron chi connectivity index (χ4n) is 2.06. The molecule has 0 aliphatic carbocycles. The number of carboxylic acid groups (broad SMARTS) is 1.